The molecule has 3 aliphatic rings. The zero-order valence-corrected chi connectivity index (χ0v) is 14.6. The van der Waals surface area contributed by atoms with E-state index in [0.29, 0.717) is 39.1 Å². The number of carbonyl (C=O) groups excluding carboxylic acids is 1. The molecule has 0 spiro atoms. The minimum atomic E-state index is -3.31. The van der Waals surface area contributed by atoms with Crippen molar-refractivity contribution in [1.29, 1.82) is 0 Å². The summed E-state index contributed by atoms with van der Waals surface area (Å²) < 4.78 is 27.4. The summed E-state index contributed by atoms with van der Waals surface area (Å²) in [4.78, 5) is 14.4. The van der Waals surface area contributed by atoms with Gasteiger partial charge in [0.05, 0.1) is 5.25 Å². The Morgan fingerprint density at radius 3 is 2.39 bits per heavy atom. The van der Waals surface area contributed by atoms with Crippen molar-refractivity contribution in [2.45, 2.75) is 50.2 Å². The summed E-state index contributed by atoms with van der Waals surface area (Å²) in [5, 5.41) is -0.432. The van der Waals surface area contributed by atoms with Gasteiger partial charge in [-0.1, -0.05) is 12.8 Å². The molecule has 132 valence electrons. The number of amides is 1. The minimum Gasteiger partial charge on any atom is -0.341 e. The van der Waals surface area contributed by atoms with Crippen LogP contribution in [0.25, 0.3) is 0 Å². The van der Waals surface area contributed by atoms with Crippen LogP contribution in [0.1, 0.15) is 44.9 Å². The molecule has 2 saturated heterocycles. The molecule has 6 nitrogen and oxygen atoms in total. The van der Waals surface area contributed by atoms with E-state index < -0.39 is 15.3 Å². The van der Waals surface area contributed by atoms with Crippen molar-refractivity contribution < 1.29 is 13.2 Å². The molecular weight excluding hydrogens is 314 g/mol. The fraction of sp³-hybridized carbons (Fsp3) is 0.938. The lowest BCUT2D eigenvalue weighted by molar-refractivity contribution is -0.136. The second kappa shape index (κ2) is 7.07. The Morgan fingerprint density at radius 2 is 1.74 bits per heavy atom. The van der Waals surface area contributed by atoms with Gasteiger partial charge in [-0.25, -0.2) is 12.7 Å². The maximum absolute atomic E-state index is 12.9. The summed E-state index contributed by atoms with van der Waals surface area (Å²) in [6.07, 6.45) is 6.50. The molecule has 23 heavy (non-hydrogen) atoms. The minimum absolute atomic E-state index is 0.130. The van der Waals surface area contributed by atoms with E-state index in [0.717, 1.165) is 38.5 Å². The fourth-order valence-corrected chi connectivity index (χ4v) is 6.28. The monoisotopic (exact) mass is 343 g/mol. The highest BCUT2D eigenvalue weighted by molar-refractivity contribution is 7.89. The van der Waals surface area contributed by atoms with Gasteiger partial charge in [0.2, 0.25) is 15.9 Å². The summed E-state index contributed by atoms with van der Waals surface area (Å²) >= 11 is 0. The standard InChI is InChI=1S/C16H29N3O3S/c17-10-13-7-9-19(11-13)23(21,22)15-6-3-8-18(12-15)16(20)14-4-1-2-5-14/h13-15H,1-12,17H2. The first-order chi connectivity index (χ1) is 11.0. The van der Waals surface area contributed by atoms with Crippen molar-refractivity contribution in [3.63, 3.8) is 0 Å². The van der Waals surface area contributed by atoms with E-state index in [-0.39, 0.29) is 17.7 Å². The van der Waals surface area contributed by atoms with Crippen LogP contribution in [0.5, 0.6) is 0 Å². The number of hydrogen-bond acceptors (Lipinski definition) is 4. The fourth-order valence-electron chi connectivity index (χ4n) is 4.24. The first-order valence-corrected chi connectivity index (χ1v) is 10.5. The lowest BCUT2D eigenvalue weighted by Gasteiger charge is -2.35. The third kappa shape index (κ3) is 3.56. The predicted molar refractivity (Wildman–Crippen MR) is 89.2 cm³/mol. The van der Waals surface area contributed by atoms with Crippen molar-refractivity contribution in [2.24, 2.45) is 17.6 Å². The van der Waals surface area contributed by atoms with Gasteiger partial charge in [-0.2, -0.15) is 0 Å². The van der Waals surface area contributed by atoms with Gasteiger partial charge in [-0.15, -0.1) is 0 Å². The molecule has 2 N–H and O–H groups in total. The Morgan fingerprint density at radius 1 is 1.00 bits per heavy atom. The average molecular weight is 343 g/mol. The topological polar surface area (TPSA) is 83.7 Å². The van der Waals surface area contributed by atoms with E-state index in [1.165, 1.54) is 0 Å². The summed E-state index contributed by atoms with van der Waals surface area (Å²) in [5.41, 5.74) is 5.67. The molecule has 3 fully saturated rings. The lowest BCUT2D eigenvalue weighted by Crippen LogP contribution is -2.50. The first-order valence-electron chi connectivity index (χ1n) is 9.00. The van der Waals surface area contributed by atoms with E-state index in [2.05, 4.69) is 0 Å². The van der Waals surface area contributed by atoms with E-state index >= 15 is 0 Å². The van der Waals surface area contributed by atoms with Crippen LogP contribution in [-0.2, 0) is 14.8 Å². The Bertz CT molecular complexity index is 531. The van der Waals surface area contributed by atoms with Gasteiger partial charge in [0.25, 0.3) is 0 Å². The zero-order chi connectivity index (χ0) is 16.4. The van der Waals surface area contributed by atoms with Crippen LogP contribution in [0.3, 0.4) is 0 Å². The second-order valence-corrected chi connectivity index (χ2v) is 9.54. The second-order valence-electron chi connectivity index (χ2n) is 7.32. The van der Waals surface area contributed by atoms with E-state index in [1.54, 1.807) is 4.31 Å². The molecule has 3 rings (SSSR count). The number of nitrogens with zero attached hydrogens (tertiary/aromatic N) is 2. The van der Waals surface area contributed by atoms with E-state index in [4.69, 9.17) is 5.73 Å². The molecule has 2 aliphatic heterocycles. The molecule has 1 saturated carbocycles. The van der Waals surface area contributed by atoms with Crippen molar-refractivity contribution >= 4 is 15.9 Å². The summed E-state index contributed by atoms with van der Waals surface area (Å²) in [7, 11) is -3.31. The molecule has 1 amide bonds. The first kappa shape index (κ1) is 17.2. The SMILES string of the molecule is NCC1CCN(S(=O)(=O)C2CCCN(C(=O)C3CCCC3)C2)C1. The smallest absolute Gasteiger partial charge is 0.225 e. The van der Waals surface area contributed by atoms with Gasteiger partial charge in [-0.3, -0.25) is 4.79 Å². The number of carbonyl (C=O) groups is 1. The van der Waals surface area contributed by atoms with Gasteiger partial charge < -0.3 is 10.6 Å². The van der Waals surface area contributed by atoms with Gasteiger partial charge in [0.1, 0.15) is 0 Å². The zero-order valence-electron chi connectivity index (χ0n) is 13.8. The van der Waals surface area contributed by atoms with Crippen LogP contribution in [0.15, 0.2) is 0 Å². The number of sulfonamides is 1. The van der Waals surface area contributed by atoms with Gasteiger partial charge >= 0.3 is 0 Å². The Hall–Kier alpha value is -0.660. The number of likely N-dealkylation sites (tertiary alicyclic amines) is 1. The Balaban J connectivity index is 1.64. The van der Waals surface area contributed by atoms with Gasteiger partial charge in [0.15, 0.2) is 0 Å². The van der Waals surface area contributed by atoms with Crippen LogP contribution < -0.4 is 5.73 Å². The molecule has 0 radical (unpaired) electrons. The molecule has 0 aromatic carbocycles. The highest BCUT2D eigenvalue weighted by atomic mass is 32.2. The number of hydrogen-bond donors (Lipinski definition) is 1. The van der Waals surface area contributed by atoms with Crippen molar-refractivity contribution in [2.75, 3.05) is 32.7 Å². The molecular formula is C16H29N3O3S. The largest absolute Gasteiger partial charge is 0.341 e. The molecule has 1 aliphatic carbocycles. The summed E-state index contributed by atoms with van der Waals surface area (Å²) in [6.45, 7) is 2.76. The Labute approximate surface area is 139 Å². The normalized spacial score (nSPS) is 30.9. The predicted octanol–water partition coefficient (Wildman–Crippen LogP) is 0.778. The van der Waals surface area contributed by atoms with Crippen molar-refractivity contribution in [1.82, 2.24) is 9.21 Å². The molecule has 0 bridgehead atoms. The van der Waals surface area contributed by atoms with Gasteiger partial charge in [0, 0.05) is 32.1 Å². The third-order valence-corrected chi connectivity index (χ3v) is 8.04. The van der Waals surface area contributed by atoms with Crippen LogP contribution in [-0.4, -0.2) is 61.5 Å². The molecule has 7 heteroatoms. The van der Waals surface area contributed by atoms with Gasteiger partial charge in [-0.05, 0) is 44.6 Å². The maximum atomic E-state index is 12.9. The van der Waals surface area contributed by atoms with Crippen LogP contribution in [0.4, 0.5) is 0 Å². The molecule has 2 atom stereocenters. The number of nitrogens with two attached hydrogens (primary N) is 1. The number of rotatable bonds is 4. The molecule has 2 unspecified atom stereocenters. The van der Waals surface area contributed by atoms with E-state index in [1.807, 2.05) is 4.90 Å². The maximum Gasteiger partial charge on any atom is 0.225 e. The molecule has 2 heterocycles. The average Bonchev–Trinajstić information content (AvgIpc) is 3.25. The summed E-state index contributed by atoms with van der Waals surface area (Å²) in [6, 6.07) is 0. The summed E-state index contributed by atoms with van der Waals surface area (Å²) in [5.74, 6) is 0.595. The third-order valence-electron chi connectivity index (χ3n) is 5.76. The highest BCUT2D eigenvalue weighted by Gasteiger charge is 2.40. The number of piperidine rings is 1. The molecule has 0 aromatic rings. The quantitative estimate of drug-likeness (QED) is 0.817. The van der Waals surface area contributed by atoms with Crippen LogP contribution in [0, 0.1) is 11.8 Å². The van der Waals surface area contributed by atoms with Crippen LogP contribution >= 0.6 is 0 Å². The van der Waals surface area contributed by atoms with Crippen molar-refractivity contribution in [3.8, 4) is 0 Å². The Kier molecular flexibility index (Phi) is 5.28. The van der Waals surface area contributed by atoms with Crippen LogP contribution in [0.2, 0.25) is 0 Å². The lowest BCUT2D eigenvalue weighted by atomic mass is 10.0. The van der Waals surface area contributed by atoms with E-state index in [9.17, 15) is 13.2 Å². The van der Waals surface area contributed by atoms with Crippen molar-refractivity contribution in [3.05, 3.63) is 0 Å². The highest BCUT2D eigenvalue weighted by Crippen LogP contribution is 2.30. The molecule has 0 aromatic heterocycles.